The van der Waals surface area contributed by atoms with Crippen LogP contribution in [-0.2, 0) is 9.53 Å². The highest BCUT2D eigenvalue weighted by atomic mass is 16.7. The van der Waals surface area contributed by atoms with Gasteiger partial charge in [0.15, 0.2) is 18.1 Å². The minimum absolute atomic E-state index is 0.188. The highest BCUT2D eigenvalue weighted by Crippen LogP contribution is 2.34. The smallest absolute Gasteiger partial charge is 0.338 e. The molecule has 3 aromatic rings. The van der Waals surface area contributed by atoms with Gasteiger partial charge in [-0.2, -0.15) is 0 Å². The molecule has 0 saturated carbocycles. The maximum Gasteiger partial charge on any atom is 0.338 e. The number of benzene rings is 3. The quantitative estimate of drug-likeness (QED) is 0.577. The lowest BCUT2D eigenvalue weighted by atomic mass is 10.1. The Labute approximate surface area is 179 Å². The number of carbonyl (C=O) groups is 2. The van der Waals surface area contributed by atoms with Gasteiger partial charge in [-0.1, -0.05) is 30.3 Å². The number of hydrogen-bond acceptors (Lipinski definition) is 6. The van der Waals surface area contributed by atoms with Crippen molar-refractivity contribution in [3.05, 3.63) is 83.9 Å². The van der Waals surface area contributed by atoms with Crippen LogP contribution in [-0.4, -0.2) is 25.3 Å². The van der Waals surface area contributed by atoms with Crippen LogP contribution in [0.3, 0.4) is 0 Å². The molecule has 0 saturated heterocycles. The monoisotopic (exact) mass is 419 g/mol. The first-order chi connectivity index (χ1) is 15.1. The summed E-state index contributed by atoms with van der Waals surface area (Å²) >= 11 is 0. The molecule has 1 aliphatic heterocycles. The zero-order chi connectivity index (χ0) is 21.6. The highest BCUT2D eigenvalue weighted by Gasteiger charge is 2.18. The number of esters is 1. The number of ether oxygens (including phenoxy) is 4. The Morgan fingerprint density at radius 3 is 2.55 bits per heavy atom. The van der Waals surface area contributed by atoms with E-state index in [0.29, 0.717) is 28.6 Å². The molecule has 0 fully saturated rings. The van der Waals surface area contributed by atoms with Crippen LogP contribution in [0.15, 0.2) is 72.8 Å². The third-order valence-electron chi connectivity index (χ3n) is 4.66. The Balaban J connectivity index is 1.30. The topological polar surface area (TPSA) is 83.1 Å². The van der Waals surface area contributed by atoms with E-state index in [1.54, 1.807) is 30.3 Å². The van der Waals surface area contributed by atoms with Gasteiger partial charge < -0.3 is 24.3 Å². The fraction of sp³-hybridized carbons (Fsp3) is 0.167. The lowest BCUT2D eigenvalue weighted by molar-refractivity contribution is -0.124. The third kappa shape index (κ3) is 5.14. The van der Waals surface area contributed by atoms with Gasteiger partial charge >= 0.3 is 5.97 Å². The summed E-state index contributed by atoms with van der Waals surface area (Å²) in [5, 5.41) is 2.80. The van der Waals surface area contributed by atoms with Crippen LogP contribution in [0.5, 0.6) is 23.0 Å². The van der Waals surface area contributed by atoms with Crippen molar-refractivity contribution in [3.8, 4) is 23.0 Å². The summed E-state index contributed by atoms with van der Waals surface area (Å²) in [6.07, 6.45) is 0. The molecule has 0 aromatic heterocycles. The second-order valence-corrected chi connectivity index (χ2v) is 6.92. The van der Waals surface area contributed by atoms with Gasteiger partial charge in [-0.05, 0) is 55.0 Å². The number of carbonyl (C=O) groups excluding carboxylic acids is 2. The Kier molecular flexibility index (Phi) is 6.03. The predicted molar refractivity (Wildman–Crippen MR) is 112 cm³/mol. The molecule has 0 spiro atoms. The van der Waals surface area contributed by atoms with E-state index < -0.39 is 18.5 Å². The highest BCUT2D eigenvalue weighted by molar-refractivity contribution is 5.91. The maximum absolute atomic E-state index is 12.3. The van der Waals surface area contributed by atoms with Crippen molar-refractivity contribution in [2.24, 2.45) is 0 Å². The summed E-state index contributed by atoms with van der Waals surface area (Å²) in [7, 11) is 0. The molecule has 0 aliphatic carbocycles. The van der Waals surface area contributed by atoms with E-state index in [-0.39, 0.29) is 12.8 Å². The van der Waals surface area contributed by atoms with Crippen molar-refractivity contribution in [3.63, 3.8) is 0 Å². The number of amides is 1. The Bertz CT molecular complexity index is 1080. The number of rotatable bonds is 7. The standard InChI is InChI=1S/C24H21NO6/c1-16(17-10-11-21-22(13-17)30-15-29-21)25-23(26)14-28-24(27)18-6-5-9-20(12-18)31-19-7-3-2-4-8-19/h2-13,16H,14-15H2,1H3,(H,25,26)/t16-/m0/s1. The van der Waals surface area contributed by atoms with Crippen molar-refractivity contribution in [1.29, 1.82) is 0 Å². The Hall–Kier alpha value is -4.00. The molecule has 4 rings (SSSR count). The molecule has 3 aromatic carbocycles. The van der Waals surface area contributed by atoms with E-state index in [9.17, 15) is 9.59 Å². The molecular formula is C24H21NO6. The molecule has 0 unspecified atom stereocenters. The minimum Gasteiger partial charge on any atom is -0.457 e. The summed E-state index contributed by atoms with van der Waals surface area (Å²) in [5.41, 5.74) is 1.15. The molecule has 0 radical (unpaired) electrons. The van der Waals surface area contributed by atoms with Crippen LogP contribution in [0.25, 0.3) is 0 Å². The molecule has 1 heterocycles. The minimum atomic E-state index is -0.607. The van der Waals surface area contributed by atoms with E-state index in [2.05, 4.69) is 5.32 Å². The second-order valence-electron chi connectivity index (χ2n) is 6.92. The summed E-state index contributed by atoms with van der Waals surface area (Å²) in [6, 6.07) is 21.0. The van der Waals surface area contributed by atoms with E-state index in [1.807, 2.05) is 49.4 Å². The Morgan fingerprint density at radius 2 is 1.71 bits per heavy atom. The molecule has 1 atom stereocenters. The summed E-state index contributed by atoms with van der Waals surface area (Å²) in [6.45, 7) is 1.63. The van der Waals surface area contributed by atoms with Crippen LogP contribution in [0.4, 0.5) is 0 Å². The molecule has 31 heavy (non-hydrogen) atoms. The molecule has 0 bridgehead atoms. The molecule has 1 N–H and O–H groups in total. The van der Waals surface area contributed by atoms with Gasteiger partial charge in [-0.3, -0.25) is 4.79 Å². The molecule has 1 amide bonds. The first kappa shape index (κ1) is 20.3. The lowest BCUT2D eigenvalue weighted by Gasteiger charge is -2.15. The van der Waals surface area contributed by atoms with Gasteiger partial charge in [0.2, 0.25) is 6.79 Å². The summed E-state index contributed by atoms with van der Waals surface area (Å²) in [5.74, 6) is 1.46. The van der Waals surface area contributed by atoms with Crippen molar-refractivity contribution >= 4 is 11.9 Å². The second kappa shape index (κ2) is 9.21. The zero-order valence-corrected chi connectivity index (χ0v) is 16.9. The normalized spacial score (nSPS) is 12.7. The van der Waals surface area contributed by atoms with Crippen molar-refractivity contribution in [1.82, 2.24) is 5.32 Å². The fourth-order valence-electron chi connectivity index (χ4n) is 3.07. The fourth-order valence-corrected chi connectivity index (χ4v) is 3.07. The molecule has 158 valence electrons. The van der Waals surface area contributed by atoms with Gasteiger partial charge in [0.25, 0.3) is 5.91 Å². The van der Waals surface area contributed by atoms with Crippen LogP contribution in [0.2, 0.25) is 0 Å². The van der Waals surface area contributed by atoms with Gasteiger partial charge in [0, 0.05) is 0 Å². The van der Waals surface area contributed by atoms with E-state index in [1.165, 1.54) is 0 Å². The Morgan fingerprint density at radius 1 is 0.935 bits per heavy atom. The largest absolute Gasteiger partial charge is 0.457 e. The predicted octanol–water partition coefficient (Wildman–Crippen LogP) is 4.24. The van der Waals surface area contributed by atoms with Gasteiger partial charge in [0.05, 0.1) is 11.6 Å². The zero-order valence-electron chi connectivity index (χ0n) is 16.9. The summed E-state index contributed by atoms with van der Waals surface area (Å²) in [4.78, 5) is 24.6. The number of hydrogen-bond donors (Lipinski definition) is 1. The van der Waals surface area contributed by atoms with E-state index >= 15 is 0 Å². The van der Waals surface area contributed by atoms with Crippen LogP contribution in [0.1, 0.15) is 28.9 Å². The average Bonchev–Trinajstić information content (AvgIpc) is 3.26. The van der Waals surface area contributed by atoms with Crippen molar-refractivity contribution in [2.75, 3.05) is 13.4 Å². The van der Waals surface area contributed by atoms with Gasteiger partial charge in [-0.25, -0.2) is 4.79 Å². The van der Waals surface area contributed by atoms with Crippen molar-refractivity contribution in [2.45, 2.75) is 13.0 Å². The lowest BCUT2D eigenvalue weighted by Crippen LogP contribution is -2.31. The number of nitrogens with one attached hydrogen (secondary N) is 1. The maximum atomic E-state index is 12.3. The molecule has 1 aliphatic rings. The van der Waals surface area contributed by atoms with Crippen molar-refractivity contribution < 1.29 is 28.5 Å². The van der Waals surface area contributed by atoms with Crippen LogP contribution < -0.4 is 19.5 Å². The SMILES string of the molecule is C[C@H](NC(=O)COC(=O)c1cccc(Oc2ccccc2)c1)c1ccc2c(c1)OCO2. The average molecular weight is 419 g/mol. The van der Waals surface area contributed by atoms with Crippen LogP contribution >= 0.6 is 0 Å². The van der Waals surface area contributed by atoms with Gasteiger partial charge in [0.1, 0.15) is 11.5 Å². The molecule has 7 nitrogen and oxygen atoms in total. The van der Waals surface area contributed by atoms with E-state index in [4.69, 9.17) is 18.9 Å². The molecular weight excluding hydrogens is 398 g/mol. The summed E-state index contributed by atoms with van der Waals surface area (Å²) < 4.78 is 21.5. The van der Waals surface area contributed by atoms with Crippen LogP contribution in [0, 0.1) is 0 Å². The first-order valence-corrected chi connectivity index (χ1v) is 9.77. The first-order valence-electron chi connectivity index (χ1n) is 9.77. The van der Waals surface area contributed by atoms with Gasteiger partial charge in [-0.15, -0.1) is 0 Å². The molecule has 7 heteroatoms. The third-order valence-corrected chi connectivity index (χ3v) is 4.66. The number of para-hydroxylation sites is 1. The number of fused-ring (bicyclic) bond motifs is 1. The van der Waals surface area contributed by atoms with E-state index in [0.717, 1.165) is 5.56 Å².